The van der Waals surface area contributed by atoms with Crippen molar-refractivity contribution in [1.82, 2.24) is 19.6 Å². The van der Waals surface area contributed by atoms with Crippen molar-refractivity contribution in [3.8, 4) is 11.3 Å². The van der Waals surface area contributed by atoms with Crippen molar-refractivity contribution in [2.75, 3.05) is 5.75 Å². The molecule has 6 nitrogen and oxygen atoms in total. The standard InChI is InChI=1S/C17H25N5OS/c1-2-21-14-8-7-12-15(17(18)23)20-22(9-5-3-4-6-10-24)16(12)13(14)11-19-21/h11,24H,2-10H2,1H3,(H2,18,23). The molecule has 2 heterocycles. The third-order valence-corrected chi connectivity index (χ3v) is 4.99. The molecular formula is C17H25N5OS. The first-order valence-corrected chi connectivity index (χ1v) is 9.36. The monoisotopic (exact) mass is 347 g/mol. The number of thiol groups is 1. The Hall–Kier alpha value is -1.76. The van der Waals surface area contributed by atoms with Gasteiger partial charge in [0.1, 0.15) is 0 Å². The summed E-state index contributed by atoms with van der Waals surface area (Å²) in [5.41, 5.74) is 10.3. The minimum absolute atomic E-state index is 0.426. The number of unbranched alkanes of at least 4 members (excludes halogenated alkanes) is 3. The van der Waals surface area contributed by atoms with Crippen molar-refractivity contribution in [1.29, 1.82) is 0 Å². The highest BCUT2D eigenvalue weighted by Crippen LogP contribution is 2.35. The number of amides is 1. The van der Waals surface area contributed by atoms with Gasteiger partial charge in [0.2, 0.25) is 0 Å². The average molecular weight is 347 g/mol. The number of carbonyl (C=O) groups excluding carboxylic acids is 1. The molecule has 0 saturated carbocycles. The highest BCUT2D eigenvalue weighted by Gasteiger charge is 2.29. The van der Waals surface area contributed by atoms with Gasteiger partial charge in [0, 0.05) is 29.9 Å². The SMILES string of the molecule is CCn1ncc2c1CCc1c(C(N)=O)nn(CCCCCCS)c1-2. The zero-order valence-electron chi connectivity index (χ0n) is 14.2. The molecule has 2 aromatic heterocycles. The number of rotatable bonds is 8. The predicted molar refractivity (Wildman–Crippen MR) is 97.4 cm³/mol. The summed E-state index contributed by atoms with van der Waals surface area (Å²) in [6.45, 7) is 3.75. The van der Waals surface area contributed by atoms with E-state index < -0.39 is 5.91 Å². The number of hydrogen-bond acceptors (Lipinski definition) is 4. The first kappa shape index (κ1) is 17.1. The molecule has 0 saturated heterocycles. The Balaban J connectivity index is 1.91. The lowest BCUT2D eigenvalue weighted by molar-refractivity contribution is 0.0994. The van der Waals surface area contributed by atoms with Crippen LogP contribution in [0.25, 0.3) is 11.3 Å². The van der Waals surface area contributed by atoms with Gasteiger partial charge in [-0.15, -0.1) is 0 Å². The lowest BCUT2D eigenvalue weighted by atomic mass is 9.93. The molecule has 1 aliphatic carbocycles. The van der Waals surface area contributed by atoms with E-state index in [4.69, 9.17) is 5.73 Å². The van der Waals surface area contributed by atoms with Crippen molar-refractivity contribution in [3.63, 3.8) is 0 Å². The Kier molecular flexibility index (Phi) is 5.28. The summed E-state index contributed by atoms with van der Waals surface area (Å²) in [5.74, 6) is 0.495. The van der Waals surface area contributed by atoms with E-state index in [1.165, 1.54) is 12.1 Å². The quantitative estimate of drug-likeness (QED) is 0.569. The van der Waals surface area contributed by atoms with Gasteiger partial charge in [-0.25, -0.2) is 0 Å². The van der Waals surface area contributed by atoms with E-state index >= 15 is 0 Å². The second kappa shape index (κ2) is 7.42. The molecule has 0 unspecified atom stereocenters. The van der Waals surface area contributed by atoms with Gasteiger partial charge in [-0.3, -0.25) is 14.2 Å². The number of nitrogens with zero attached hydrogens (tertiary/aromatic N) is 4. The minimum atomic E-state index is -0.439. The fourth-order valence-electron chi connectivity index (χ4n) is 3.51. The van der Waals surface area contributed by atoms with Gasteiger partial charge in [-0.1, -0.05) is 12.8 Å². The normalized spacial score (nSPS) is 12.9. The highest BCUT2D eigenvalue weighted by molar-refractivity contribution is 7.80. The summed E-state index contributed by atoms with van der Waals surface area (Å²) in [5, 5.41) is 9.02. The van der Waals surface area contributed by atoms with Crippen LogP contribution in [0.3, 0.4) is 0 Å². The minimum Gasteiger partial charge on any atom is -0.364 e. The topological polar surface area (TPSA) is 78.7 Å². The van der Waals surface area contributed by atoms with Crippen LogP contribution in [0.2, 0.25) is 0 Å². The van der Waals surface area contributed by atoms with Crippen LogP contribution in [0.5, 0.6) is 0 Å². The number of aryl methyl sites for hydroxylation is 2. The van der Waals surface area contributed by atoms with Gasteiger partial charge in [-0.05, 0) is 38.4 Å². The van der Waals surface area contributed by atoms with Gasteiger partial charge in [0.25, 0.3) is 5.91 Å². The molecule has 1 amide bonds. The third kappa shape index (κ3) is 3.09. The van der Waals surface area contributed by atoms with Gasteiger partial charge < -0.3 is 5.73 Å². The Morgan fingerprint density at radius 3 is 2.75 bits per heavy atom. The van der Waals surface area contributed by atoms with E-state index in [0.717, 1.165) is 67.8 Å². The van der Waals surface area contributed by atoms with E-state index in [9.17, 15) is 4.79 Å². The molecule has 1 aliphatic rings. The molecule has 0 atom stereocenters. The number of nitrogens with two attached hydrogens (primary N) is 1. The van der Waals surface area contributed by atoms with Gasteiger partial charge >= 0.3 is 0 Å². The van der Waals surface area contributed by atoms with Crippen molar-refractivity contribution in [2.45, 2.75) is 58.5 Å². The molecule has 2 N–H and O–H groups in total. The summed E-state index contributed by atoms with van der Waals surface area (Å²) in [4.78, 5) is 11.8. The molecule has 0 fully saturated rings. The first-order valence-electron chi connectivity index (χ1n) is 8.72. The summed E-state index contributed by atoms with van der Waals surface area (Å²) in [6, 6.07) is 0. The number of carbonyl (C=O) groups is 1. The second-order valence-corrected chi connectivity index (χ2v) is 6.67. The van der Waals surface area contributed by atoms with Crippen LogP contribution < -0.4 is 5.73 Å². The van der Waals surface area contributed by atoms with Crippen LogP contribution in [-0.2, 0) is 25.9 Å². The molecule has 130 valence electrons. The van der Waals surface area contributed by atoms with Crippen LogP contribution in [-0.4, -0.2) is 31.2 Å². The van der Waals surface area contributed by atoms with Gasteiger partial charge in [0.15, 0.2) is 5.69 Å². The molecule has 0 aromatic carbocycles. The maximum atomic E-state index is 11.8. The Labute approximate surface area is 147 Å². The summed E-state index contributed by atoms with van der Waals surface area (Å²) >= 11 is 4.25. The highest BCUT2D eigenvalue weighted by atomic mass is 32.1. The zero-order valence-corrected chi connectivity index (χ0v) is 15.1. The Bertz CT molecular complexity index is 734. The Morgan fingerprint density at radius 1 is 1.25 bits per heavy atom. The number of hydrogen-bond donors (Lipinski definition) is 2. The number of fused-ring (bicyclic) bond motifs is 3. The molecule has 2 aromatic rings. The molecule has 0 bridgehead atoms. The summed E-state index contributed by atoms with van der Waals surface area (Å²) < 4.78 is 4.00. The molecule has 0 radical (unpaired) electrons. The van der Waals surface area contributed by atoms with Crippen LogP contribution in [0.4, 0.5) is 0 Å². The third-order valence-electron chi connectivity index (χ3n) is 4.68. The summed E-state index contributed by atoms with van der Waals surface area (Å²) in [7, 11) is 0. The van der Waals surface area contributed by atoms with Crippen molar-refractivity contribution in [3.05, 3.63) is 23.1 Å². The van der Waals surface area contributed by atoms with E-state index in [1.54, 1.807) is 0 Å². The maximum absolute atomic E-state index is 11.8. The molecule has 0 aliphatic heterocycles. The smallest absolute Gasteiger partial charge is 0.269 e. The molecule has 7 heteroatoms. The fourth-order valence-corrected chi connectivity index (χ4v) is 3.74. The second-order valence-electron chi connectivity index (χ2n) is 6.22. The van der Waals surface area contributed by atoms with Crippen molar-refractivity contribution in [2.24, 2.45) is 5.73 Å². The predicted octanol–water partition coefficient (Wildman–Crippen LogP) is 2.45. The lowest BCUT2D eigenvalue weighted by Crippen LogP contribution is -2.16. The van der Waals surface area contributed by atoms with E-state index in [-0.39, 0.29) is 0 Å². The average Bonchev–Trinajstić information content (AvgIpc) is 3.15. The summed E-state index contributed by atoms with van der Waals surface area (Å²) in [6.07, 6.45) is 8.07. The maximum Gasteiger partial charge on any atom is 0.269 e. The van der Waals surface area contributed by atoms with Crippen LogP contribution in [0.1, 0.15) is 54.4 Å². The Morgan fingerprint density at radius 2 is 2.04 bits per heavy atom. The van der Waals surface area contributed by atoms with E-state index in [0.29, 0.717) is 5.69 Å². The number of aromatic nitrogens is 4. The zero-order chi connectivity index (χ0) is 17.1. The van der Waals surface area contributed by atoms with Crippen LogP contribution in [0.15, 0.2) is 6.20 Å². The molecular weight excluding hydrogens is 322 g/mol. The van der Waals surface area contributed by atoms with E-state index in [1.807, 2.05) is 15.6 Å². The van der Waals surface area contributed by atoms with Gasteiger partial charge in [-0.2, -0.15) is 22.8 Å². The lowest BCUT2D eigenvalue weighted by Gasteiger charge is -2.16. The largest absolute Gasteiger partial charge is 0.364 e. The van der Waals surface area contributed by atoms with Crippen LogP contribution >= 0.6 is 12.6 Å². The number of primary amides is 1. The molecule has 3 rings (SSSR count). The first-order chi connectivity index (χ1) is 11.7. The molecule has 0 spiro atoms. The van der Waals surface area contributed by atoms with Crippen molar-refractivity contribution >= 4 is 18.5 Å². The van der Waals surface area contributed by atoms with E-state index in [2.05, 4.69) is 29.7 Å². The van der Waals surface area contributed by atoms with Gasteiger partial charge in [0.05, 0.1) is 11.9 Å². The van der Waals surface area contributed by atoms with Crippen molar-refractivity contribution < 1.29 is 4.79 Å². The van der Waals surface area contributed by atoms with Crippen LogP contribution in [0, 0.1) is 0 Å². The molecule has 24 heavy (non-hydrogen) atoms. The fraction of sp³-hybridized carbons (Fsp3) is 0.588.